The maximum atomic E-state index is 6.24. The van der Waals surface area contributed by atoms with Crippen molar-refractivity contribution in [3.8, 4) is 5.75 Å². The second kappa shape index (κ2) is 8.28. The van der Waals surface area contributed by atoms with Gasteiger partial charge in [0.05, 0.1) is 12.7 Å². The lowest BCUT2D eigenvalue weighted by Gasteiger charge is -2.28. The zero-order valence-electron chi connectivity index (χ0n) is 12.7. The van der Waals surface area contributed by atoms with Crippen LogP contribution in [0.25, 0.3) is 0 Å². The molecule has 0 radical (unpaired) electrons. The highest BCUT2D eigenvalue weighted by Gasteiger charge is 2.20. The van der Waals surface area contributed by atoms with Gasteiger partial charge in [-0.25, -0.2) is 0 Å². The maximum absolute atomic E-state index is 6.24. The molecule has 2 atom stereocenters. The van der Waals surface area contributed by atoms with E-state index < -0.39 is 0 Å². The van der Waals surface area contributed by atoms with Gasteiger partial charge in [-0.3, -0.25) is 0 Å². The quantitative estimate of drug-likeness (QED) is 0.775. The Labute approximate surface area is 122 Å². The molecule has 1 saturated carbocycles. The predicted octanol–water partition coefficient (Wildman–Crippen LogP) is 3.38. The van der Waals surface area contributed by atoms with E-state index in [0.717, 1.165) is 31.4 Å². The van der Waals surface area contributed by atoms with E-state index in [0.29, 0.717) is 6.10 Å². The average molecular weight is 277 g/mol. The van der Waals surface area contributed by atoms with Gasteiger partial charge in [-0.1, -0.05) is 31.5 Å². The first-order chi connectivity index (χ1) is 9.79. The molecule has 1 aromatic rings. The van der Waals surface area contributed by atoms with Crippen LogP contribution in [0.1, 0.15) is 38.2 Å². The molecular weight excluding hydrogens is 250 g/mol. The van der Waals surface area contributed by atoms with E-state index in [9.17, 15) is 0 Å². The molecule has 1 aromatic carbocycles. The summed E-state index contributed by atoms with van der Waals surface area (Å²) in [5.74, 6) is 1.83. The van der Waals surface area contributed by atoms with Crippen molar-refractivity contribution in [1.29, 1.82) is 0 Å². The fourth-order valence-electron chi connectivity index (χ4n) is 2.83. The van der Waals surface area contributed by atoms with Crippen LogP contribution >= 0.6 is 0 Å². The van der Waals surface area contributed by atoms with Gasteiger partial charge >= 0.3 is 0 Å². The lowest BCUT2D eigenvalue weighted by molar-refractivity contribution is 0.128. The number of rotatable bonds is 7. The van der Waals surface area contributed by atoms with Crippen LogP contribution in [0.4, 0.5) is 0 Å². The molecule has 0 aliphatic heterocycles. The van der Waals surface area contributed by atoms with Crippen molar-refractivity contribution in [1.82, 2.24) is 5.32 Å². The van der Waals surface area contributed by atoms with Gasteiger partial charge < -0.3 is 14.8 Å². The van der Waals surface area contributed by atoms with Crippen LogP contribution in [0.2, 0.25) is 0 Å². The number of benzene rings is 1. The smallest absolute Gasteiger partial charge is 0.124 e. The fraction of sp³-hybridized carbons (Fsp3) is 0.647. The second-order valence-electron chi connectivity index (χ2n) is 5.79. The third kappa shape index (κ3) is 4.80. The Kier molecular flexibility index (Phi) is 6.34. The van der Waals surface area contributed by atoms with Crippen molar-refractivity contribution >= 4 is 0 Å². The van der Waals surface area contributed by atoms with E-state index in [-0.39, 0.29) is 0 Å². The van der Waals surface area contributed by atoms with Crippen molar-refractivity contribution in [2.75, 3.05) is 20.3 Å². The Morgan fingerprint density at radius 1 is 1.25 bits per heavy atom. The number of methoxy groups -OCH3 is 1. The van der Waals surface area contributed by atoms with Gasteiger partial charge in [0.2, 0.25) is 0 Å². The van der Waals surface area contributed by atoms with Crippen LogP contribution in [0.3, 0.4) is 0 Å². The SMILES string of the molecule is COCCNCc1ccccc1OC1CCCC(C)C1. The molecule has 20 heavy (non-hydrogen) atoms. The zero-order chi connectivity index (χ0) is 14.2. The minimum Gasteiger partial charge on any atom is -0.490 e. The molecular formula is C17H27NO2. The van der Waals surface area contributed by atoms with Crippen molar-refractivity contribution in [3.63, 3.8) is 0 Å². The molecule has 1 aliphatic carbocycles. The molecule has 0 heterocycles. The van der Waals surface area contributed by atoms with Gasteiger partial charge in [0, 0.05) is 25.8 Å². The highest BCUT2D eigenvalue weighted by molar-refractivity contribution is 5.33. The van der Waals surface area contributed by atoms with E-state index >= 15 is 0 Å². The Morgan fingerprint density at radius 2 is 2.10 bits per heavy atom. The summed E-state index contributed by atoms with van der Waals surface area (Å²) in [5.41, 5.74) is 1.24. The summed E-state index contributed by atoms with van der Waals surface area (Å²) in [5, 5.41) is 3.38. The lowest BCUT2D eigenvalue weighted by atomic mass is 9.88. The van der Waals surface area contributed by atoms with Crippen molar-refractivity contribution < 1.29 is 9.47 Å². The van der Waals surface area contributed by atoms with Crippen LogP contribution < -0.4 is 10.1 Å². The number of nitrogens with one attached hydrogen (secondary N) is 1. The largest absolute Gasteiger partial charge is 0.490 e. The normalized spacial score (nSPS) is 22.7. The number of ether oxygens (including phenoxy) is 2. The first-order valence-electron chi connectivity index (χ1n) is 7.74. The summed E-state index contributed by atoms with van der Waals surface area (Å²) in [6.07, 6.45) is 5.40. The van der Waals surface area contributed by atoms with Crippen molar-refractivity contribution in [3.05, 3.63) is 29.8 Å². The Morgan fingerprint density at radius 3 is 2.90 bits per heavy atom. The minimum absolute atomic E-state index is 0.388. The molecule has 0 amide bonds. The van der Waals surface area contributed by atoms with Crippen molar-refractivity contribution in [2.45, 2.75) is 45.3 Å². The van der Waals surface area contributed by atoms with Gasteiger partial charge in [-0.2, -0.15) is 0 Å². The highest BCUT2D eigenvalue weighted by atomic mass is 16.5. The van der Waals surface area contributed by atoms with Crippen LogP contribution in [-0.2, 0) is 11.3 Å². The summed E-state index contributed by atoms with van der Waals surface area (Å²) in [6.45, 7) is 4.77. The molecule has 0 spiro atoms. The van der Waals surface area contributed by atoms with Gasteiger partial charge in [0.15, 0.2) is 0 Å². The van der Waals surface area contributed by atoms with Gasteiger partial charge in [0.1, 0.15) is 5.75 Å². The van der Waals surface area contributed by atoms with E-state index in [2.05, 4.69) is 36.5 Å². The average Bonchev–Trinajstić information content (AvgIpc) is 2.45. The summed E-state index contributed by atoms with van der Waals surface area (Å²) >= 11 is 0. The van der Waals surface area contributed by atoms with Crippen LogP contribution in [0.15, 0.2) is 24.3 Å². The molecule has 3 nitrogen and oxygen atoms in total. The summed E-state index contributed by atoms with van der Waals surface area (Å²) < 4.78 is 11.3. The molecule has 1 aliphatic rings. The van der Waals surface area contributed by atoms with Crippen LogP contribution in [0.5, 0.6) is 5.75 Å². The first kappa shape index (κ1) is 15.3. The fourth-order valence-corrected chi connectivity index (χ4v) is 2.83. The summed E-state index contributed by atoms with van der Waals surface area (Å²) in [7, 11) is 1.73. The van der Waals surface area contributed by atoms with E-state index in [1.807, 2.05) is 0 Å². The van der Waals surface area contributed by atoms with Crippen molar-refractivity contribution in [2.24, 2.45) is 5.92 Å². The summed E-state index contributed by atoms with van der Waals surface area (Å²) in [4.78, 5) is 0. The molecule has 112 valence electrons. The Hall–Kier alpha value is -1.06. The predicted molar refractivity (Wildman–Crippen MR) is 82.1 cm³/mol. The molecule has 0 bridgehead atoms. The highest BCUT2D eigenvalue weighted by Crippen LogP contribution is 2.28. The molecule has 0 aromatic heterocycles. The second-order valence-corrected chi connectivity index (χ2v) is 5.79. The standard InChI is InChI=1S/C17H27NO2/c1-14-6-5-8-16(12-14)20-17-9-4-3-7-15(17)13-18-10-11-19-2/h3-4,7,9,14,16,18H,5-6,8,10-13H2,1-2H3. The van der Waals surface area contributed by atoms with Gasteiger partial charge in [0.25, 0.3) is 0 Å². The number of hydrogen-bond acceptors (Lipinski definition) is 3. The Bertz CT molecular complexity index is 394. The molecule has 2 unspecified atom stereocenters. The number of hydrogen-bond donors (Lipinski definition) is 1. The monoisotopic (exact) mass is 277 g/mol. The zero-order valence-corrected chi connectivity index (χ0v) is 12.7. The van der Waals surface area contributed by atoms with Gasteiger partial charge in [-0.05, 0) is 31.2 Å². The third-order valence-corrected chi connectivity index (χ3v) is 3.95. The summed E-state index contributed by atoms with van der Waals surface area (Å²) in [6, 6.07) is 8.36. The lowest BCUT2D eigenvalue weighted by Crippen LogP contribution is -2.25. The van der Waals surface area contributed by atoms with E-state index in [1.54, 1.807) is 7.11 Å². The molecule has 1 fully saturated rings. The minimum atomic E-state index is 0.388. The third-order valence-electron chi connectivity index (χ3n) is 3.95. The molecule has 0 saturated heterocycles. The molecule has 1 N–H and O–H groups in total. The molecule has 3 heteroatoms. The van der Waals surface area contributed by atoms with E-state index in [1.165, 1.54) is 31.2 Å². The Balaban J connectivity index is 1.89. The van der Waals surface area contributed by atoms with E-state index in [4.69, 9.17) is 9.47 Å². The van der Waals surface area contributed by atoms with Gasteiger partial charge in [-0.15, -0.1) is 0 Å². The topological polar surface area (TPSA) is 30.5 Å². The van der Waals surface area contributed by atoms with Crippen LogP contribution in [-0.4, -0.2) is 26.4 Å². The number of para-hydroxylation sites is 1. The molecule has 2 rings (SSSR count). The van der Waals surface area contributed by atoms with Crippen LogP contribution in [0, 0.1) is 5.92 Å². The maximum Gasteiger partial charge on any atom is 0.124 e. The first-order valence-corrected chi connectivity index (χ1v) is 7.74.